The second-order valence-corrected chi connectivity index (χ2v) is 5.54. The molecule has 0 fully saturated rings. The average molecular weight is 316 g/mol. The first-order chi connectivity index (χ1) is 11.0. The minimum Gasteiger partial charge on any atom is -0.492 e. The van der Waals surface area contributed by atoms with Gasteiger partial charge in [-0.05, 0) is 39.8 Å². The minimum atomic E-state index is -0.410. The third-order valence-corrected chi connectivity index (χ3v) is 3.36. The first kappa shape index (κ1) is 16.9. The molecule has 0 saturated heterocycles. The summed E-state index contributed by atoms with van der Waals surface area (Å²) in [6.07, 6.45) is 1.68. The molecule has 124 valence electrons. The van der Waals surface area contributed by atoms with Crippen molar-refractivity contribution in [1.82, 2.24) is 9.78 Å². The van der Waals surface area contributed by atoms with Gasteiger partial charge in [0, 0.05) is 12.1 Å². The van der Waals surface area contributed by atoms with Crippen LogP contribution in [0, 0.1) is 0 Å². The Bertz CT molecular complexity index is 652. The smallest absolute Gasteiger partial charge is 0.247 e. The van der Waals surface area contributed by atoms with Gasteiger partial charge < -0.3 is 15.4 Å². The molecule has 2 N–H and O–H groups in total. The third kappa shape index (κ3) is 4.25. The fourth-order valence-corrected chi connectivity index (χ4v) is 2.23. The number of anilines is 2. The fraction of sp³-hybridized carbons (Fsp3) is 0.412. The number of nitrogens with zero attached hydrogens (tertiary/aromatic N) is 2. The number of rotatable bonds is 7. The van der Waals surface area contributed by atoms with Crippen LogP contribution in [0.1, 0.15) is 33.7 Å². The lowest BCUT2D eigenvalue weighted by molar-refractivity contribution is -0.116. The van der Waals surface area contributed by atoms with Crippen LogP contribution < -0.4 is 15.4 Å². The number of hydrogen-bond acceptors (Lipinski definition) is 4. The highest BCUT2D eigenvalue weighted by molar-refractivity contribution is 5.95. The number of para-hydroxylation sites is 2. The fourth-order valence-electron chi connectivity index (χ4n) is 2.23. The van der Waals surface area contributed by atoms with Crippen LogP contribution in [-0.4, -0.2) is 28.3 Å². The molecule has 0 aliphatic heterocycles. The predicted octanol–water partition coefficient (Wildman–Crippen LogP) is 3.30. The van der Waals surface area contributed by atoms with Gasteiger partial charge >= 0.3 is 0 Å². The van der Waals surface area contributed by atoms with E-state index in [1.54, 1.807) is 16.9 Å². The number of benzene rings is 1. The SMILES string of the molecule is CCOc1ccccc1N[C@@H](C)C(=O)Nc1ccnn1C(C)C. The van der Waals surface area contributed by atoms with E-state index in [0.29, 0.717) is 12.4 Å². The number of hydrogen-bond donors (Lipinski definition) is 2. The van der Waals surface area contributed by atoms with E-state index in [0.717, 1.165) is 11.4 Å². The summed E-state index contributed by atoms with van der Waals surface area (Å²) in [6.45, 7) is 8.35. The van der Waals surface area contributed by atoms with Crippen molar-refractivity contribution in [1.29, 1.82) is 0 Å². The number of nitrogens with one attached hydrogen (secondary N) is 2. The number of carbonyl (C=O) groups is 1. The molecule has 6 heteroatoms. The van der Waals surface area contributed by atoms with Crippen LogP contribution in [0.25, 0.3) is 0 Å². The highest BCUT2D eigenvalue weighted by Crippen LogP contribution is 2.24. The van der Waals surface area contributed by atoms with Crippen LogP contribution >= 0.6 is 0 Å². The maximum atomic E-state index is 12.4. The van der Waals surface area contributed by atoms with E-state index in [2.05, 4.69) is 15.7 Å². The molecule has 1 aromatic heterocycles. The normalized spacial score (nSPS) is 12.0. The summed E-state index contributed by atoms with van der Waals surface area (Å²) in [5.41, 5.74) is 0.800. The molecule has 1 heterocycles. The number of ether oxygens (including phenoxy) is 1. The zero-order valence-corrected chi connectivity index (χ0v) is 14.0. The predicted molar refractivity (Wildman–Crippen MR) is 91.9 cm³/mol. The van der Waals surface area contributed by atoms with Crippen molar-refractivity contribution in [2.24, 2.45) is 0 Å². The molecule has 0 saturated carbocycles. The van der Waals surface area contributed by atoms with Gasteiger partial charge in [0.2, 0.25) is 5.91 Å². The van der Waals surface area contributed by atoms with Crippen molar-refractivity contribution in [3.05, 3.63) is 36.5 Å². The number of amides is 1. The van der Waals surface area contributed by atoms with Crippen molar-refractivity contribution in [3.8, 4) is 5.75 Å². The molecule has 0 aliphatic carbocycles. The molecule has 1 amide bonds. The van der Waals surface area contributed by atoms with Gasteiger partial charge in [-0.2, -0.15) is 5.10 Å². The van der Waals surface area contributed by atoms with Gasteiger partial charge in [-0.1, -0.05) is 12.1 Å². The quantitative estimate of drug-likeness (QED) is 0.822. The van der Waals surface area contributed by atoms with Crippen LogP contribution in [-0.2, 0) is 4.79 Å². The first-order valence-corrected chi connectivity index (χ1v) is 7.85. The molecule has 2 rings (SSSR count). The molecule has 1 atom stereocenters. The van der Waals surface area contributed by atoms with Gasteiger partial charge in [0.05, 0.1) is 18.5 Å². The monoisotopic (exact) mass is 316 g/mol. The zero-order valence-electron chi connectivity index (χ0n) is 14.0. The lowest BCUT2D eigenvalue weighted by Gasteiger charge is -2.18. The van der Waals surface area contributed by atoms with Gasteiger partial charge in [0.25, 0.3) is 0 Å². The van der Waals surface area contributed by atoms with E-state index in [-0.39, 0.29) is 11.9 Å². The number of carbonyl (C=O) groups excluding carboxylic acids is 1. The van der Waals surface area contributed by atoms with E-state index in [1.807, 2.05) is 52.0 Å². The Balaban J connectivity index is 2.04. The molecule has 0 spiro atoms. The molecular formula is C17H24N4O2. The van der Waals surface area contributed by atoms with E-state index in [9.17, 15) is 4.79 Å². The average Bonchev–Trinajstić information content (AvgIpc) is 2.97. The lowest BCUT2D eigenvalue weighted by atomic mass is 10.2. The van der Waals surface area contributed by atoms with E-state index < -0.39 is 6.04 Å². The standard InChI is InChI=1S/C17H24N4O2/c1-5-23-15-9-7-6-8-14(15)19-13(4)17(22)20-16-10-11-18-21(16)12(2)3/h6-13,19H,5H2,1-4H3,(H,20,22)/t13-/m0/s1. The molecular weight excluding hydrogens is 292 g/mol. The van der Waals surface area contributed by atoms with E-state index in [4.69, 9.17) is 4.74 Å². The first-order valence-electron chi connectivity index (χ1n) is 7.85. The highest BCUT2D eigenvalue weighted by atomic mass is 16.5. The molecule has 0 unspecified atom stereocenters. The minimum absolute atomic E-state index is 0.126. The summed E-state index contributed by atoms with van der Waals surface area (Å²) in [5.74, 6) is 1.30. The Kier molecular flexibility index (Phi) is 5.62. The van der Waals surface area contributed by atoms with Gasteiger partial charge in [-0.3, -0.25) is 4.79 Å². The van der Waals surface area contributed by atoms with Crippen LogP contribution in [0.15, 0.2) is 36.5 Å². The Morgan fingerprint density at radius 3 is 2.70 bits per heavy atom. The van der Waals surface area contributed by atoms with Gasteiger partial charge in [0.1, 0.15) is 17.6 Å². The Morgan fingerprint density at radius 2 is 2.00 bits per heavy atom. The van der Waals surface area contributed by atoms with E-state index >= 15 is 0 Å². The van der Waals surface area contributed by atoms with Crippen molar-refractivity contribution in [2.45, 2.75) is 39.8 Å². The summed E-state index contributed by atoms with van der Waals surface area (Å²) >= 11 is 0. The molecule has 23 heavy (non-hydrogen) atoms. The summed E-state index contributed by atoms with van der Waals surface area (Å²) in [5, 5.41) is 10.3. The third-order valence-electron chi connectivity index (χ3n) is 3.36. The van der Waals surface area contributed by atoms with Crippen molar-refractivity contribution < 1.29 is 9.53 Å². The lowest BCUT2D eigenvalue weighted by Crippen LogP contribution is -2.33. The maximum absolute atomic E-state index is 12.4. The molecule has 2 aromatic rings. The Hall–Kier alpha value is -2.50. The van der Waals surface area contributed by atoms with Crippen LogP contribution in [0.5, 0.6) is 5.75 Å². The molecule has 0 aliphatic rings. The van der Waals surface area contributed by atoms with Crippen molar-refractivity contribution in [3.63, 3.8) is 0 Å². The Labute approximate surface area is 136 Å². The van der Waals surface area contributed by atoms with Gasteiger partial charge in [-0.15, -0.1) is 0 Å². The largest absolute Gasteiger partial charge is 0.492 e. The van der Waals surface area contributed by atoms with Gasteiger partial charge in [0.15, 0.2) is 0 Å². The van der Waals surface area contributed by atoms with Gasteiger partial charge in [-0.25, -0.2) is 4.68 Å². The zero-order chi connectivity index (χ0) is 16.8. The Morgan fingerprint density at radius 1 is 1.26 bits per heavy atom. The van der Waals surface area contributed by atoms with Crippen molar-refractivity contribution >= 4 is 17.4 Å². The summed E-state index contributed by atoms with van der Waals surface area (Å²) in [4.78, 5) is 12.4. The summed E-state index contributed by atoms with van der Waals surface area (Å²) < 4.78 is 7.34. The second kappa shape index (κ2) is 7.67. The van der Waals surface area contributed by atoms with E-state index in [1.165, 1.54) is 0 Å². The van der Waals surface area contributed by atoms with Crippen LogP contribution in [0.4, 0.5) is 11.5 Å². The summed E-state index contributed by atoms with van der Waals surface area (Å²) in [7, 11) is 0. The molecule has 6 nitrogen and oxygen atoms in total. The molecule has 1 aromatic carbocycles. The topological polar surface area (TPSA) is 68.2 Å². The van der Waals surface area contributed by atoms with Crippen LogP contribution in [0.3, 0.4) is 0 Å². The van der Waals surface area contributed by atoms with Crippen LogP contribution in [0.2, 0.25) is 0 Å². The second-order valence-electron chi connectivity index (χ2n) is 5.54. The number of aromatic nitrogens is 2. The highest BCUT2D eigenvalue weighted by Gasteiger charge is 2.17. The summed E-state index contributed by atoms with van der Waals surface area (Å²) in [6, 6.07) is 9.15. The van der Waals surface area contributed by atoms with Crippen molar-refractivity contribution in [2.75, 3.05) is 17.2 Å². The molecule has 0 radical (unpaired) electrons. The molecule has 0 bridgehead atoms. The maximum Gasteiger partial charge on any atom is 0.247 e.